The van der Waals surface area contributed by atoms with Crippen LogP contribution in [0.2, 0.25) is 0 Å². The van der Waals surface area contributed by atoms with Crippen molar-refractivity contribution < 1.29 is 0 Å². The second-order valence-electron chi connectivity index (χ2n) is 6.29. The van der Waals surface area contributed by atoms with Gasteiger partial charge in [0, 0.05) is 0 Å². The van der Waals surface area contributed by atoms with E-state index in [1.807, 2.05) is 0 Å². The summed E-state index contributed by atoms with van der Waals surface area (Å²) >= 11 is 0. The third kappa shape index (κ3) is 2.08. The van der Waals surface area contributed by atoms with Crippen LogP contribution in [0.1, 0.15) is 51.4 Å². The fraction of sp³-hybridized carbons (Fsp3) is 0.400. The van der Waals surface area contributed by atoms with E-state index in [0.717, 1.165) is 0 Å². The van der Waals surface area contributed by atoms with E-state index in [9.17, 15) is 0 Å². The molecule has 0 fully saturated rings. The molecule has 0 aliphatic heterocycles. The smallest absolute Gasteiger partial charge is 0.0232 e. The van der Waals surface area contributed by atoms with E-state index in [1.165, 1.54) is 51.4 Å². The van der Waals surface area contributed by atoms with Crippen LogP contribution in [-0.2, 0) is 0 Å². The molecule has 4 aliphatic carbocycles. The van der Waals surface area contributed by atoms with Crippen LogP contribution in [0.15, 0.2) is 69.9 Å². The molecule has 0 saturated heterocycles. The minimum atomic E-state index is 1.20. The van der Waals surface area contributed by atoms with Gasteiger partial charge in [-0.05, 0) is 84.8 Å². The summed E-state index contributed by atoms with van der Waals surface area (Å²) < 4.78 is 0. The molecule has 0 amide bonds. The first-order chi connectivity index (χ1) is 9.92. The van der Waals surface area contributed by atoms with E-state index in [4.69, 9.17) is 0 Å². The number of hydrogen-bond acceptors (Lipinski definition) is 0. The first-order valence-electron chi connectivity index (χ1n) is 8.13. The summed E-state index contributed by atoms with van der Waals surface area (Å²) in [5.74, 6) is 0. The van der Waals surface area contributed by atoms with Gasteiger partial charge in [0.2, 0.25) is 0 Å². The lowest BCUT2D eigenvalue weighted by Crippen LogP contribution is -1.99. The van der Waals surface area contributed by atoms with Gasteiger partial charge in [-0.25, -0.2) is 0 Å². The topological polar surface area (TPSA) is 0 Å². The van der Waals surface area contributed by atoms with Crippen LogP contribution < -0.4 is 0 Å². The number of allylic oxidation sites excluding steroid dienone is 12. The van der Waals surface area contributed by atoms with E-state index in [1.54, 1.807) is 33.4 Å². The maximum atomic E-state index is 2.46. The molecule has 0 aromatic rings. The van der Waals surface area contributed by atoms with Crippen LogP contribution in [0.25, 0.3) is 0 Å². The normalized spacial score (nSPS) is 24.0. The van der Waals surface area contributed by atoms with Crippen LogP contribution >= 0.6 is 0 Å². The highest BCUT2D eigenvalue weighted by molar-refractivity contribution is 5.58. The Labute approximate surface area is 122 Å². The third-order valence-electron chi connectivity index (χ3n) is 5.02. The van der Waals surface area contributed by atoms with Crippen molar-refractivity contribution in [2.75, 3.05) is 0 Å². The van der Waals surface area contributed by atoms with Gasteiger partial charge in [-0.1, -0.05) is 36.5 Å². The lowest BCUT2D eigenvalue weighted by atomic mass is 9.87. The zero-order valence-electron chi connectivity index (χ0n) is 12.1. The minimum Gasteiger partial charge on any atom is -0.0767 e. The summed E-state index contributed by atoms with van der Waals surface area (Å²) in [5, 5.41) is 0. The maximum absolute atomic E-state index is 2.46. The second-order valence-corrected chi connectivity index (χ2v) is 6.29. The maximum Gasteiger partial charge on any atom is -0.0232 e. The predicted molar refractivity (Wildman–Crippen MR) is 85.4 cm³/mol. The van der Waals surface area contributed by atoms with E-state index in [2.05, 4.69) is 36.5 Å². The van der Waals surface area contributed by atoms with Gasteiger partial charge in [-0.15, -0.1) is 0 Å². The molecule has 0 bridgehead atoms. The molecular formula is C20H22. The van der Waals surface area contributed by atoms with Crippen molar-refractivity contribution in [1.82, 2.24) is 0 Å². The van der Waals surface area contributed by atoms with Crippen molar-refractivity contribution in [3.63, 3.8) is 0 Å². The van der Waals surface area contributed by atoms with Crippen LogP contribution in [-0.4, -0.2) is 0 Å². The molecule has 102 valence electrons. The summed E-state index contributed by atoms with van der Waals surface area (Å²) in [7, 11) is 0. The molecule has 0 spiro atoms. The molecule has 0 unspecified atom stereocenters. The third-order valence-corrected chi connectivity index (χ3v) is 5.02. The van der Waals surface area contributed by atoms with E-state index in [-0.39, 0.29) is 0 Å². The fourth-order valence-electron chi connectivity index (χ4n) is 3.92. The molecular weight excluding hydrogens is 240 g/mol. The van der Waals surface area contributed by atoms with Crippen molar-refractivity contribution in [2.24, 2.45) is 0 Å². The Kier molecular flexibility index (Phi) is 3.10. The van der Waals surface area contributed by atoms with E-state index < -0.39 is 0 Å². The van der Waals surface area contributed by atoms with Gasteiger partial charge in [0.15, 0.2) is 0 Å². The van der Waals surface area contributed by atoms with Crippen LogP contribution in [0.5, 0.6) is 0 Å². The molecule has 0 saturated carbocycles. The summed E-state index contributed by atoms with van der Waals surface area (Å²) in [6, 6.07) is 0. The average molecular weight is 262 g/mol. The molecule has 0 aromatic heterocycles. The quantitative estimate of drug-likeness (QED) is 0.610. The summed E-state index contributed by atoms with van der Waals surface area (Å²) in [4.78, 5) is 0. The van der Waals surface area contributed by atoms with Gasteiger partial charge >= 0.3 is 0 Å². The first kappa shape index (κ1) is 12.2. The highest BCUT2D eigenvalue weighted by atomic mass is 14.3. The monoisotopic (exact) mass is 262 g/mol. The highest BCUT2D eigenvalue weighted by Gasteiger charge is 2.21. The lowest BCUT2D eigenvalue weighted by molar-refractivity contribution is 0.794. The number of fused-ring (bicyclic) bond motifs is 2. The largest absolute Gasteiger partial charge is 0.0767 e. The Bertz CT molecular complexity index is 558. The molecule has 0 atom stereocenters. The van der Waals surface area contributed by atoms with Gasteiger partial charge in [0.25, 0.3) is 0 Å². The Morgan fingerprint density at radius 1 is 0.650 bits per heavy atom. The van der Waals surface area contributed by atoms with Crippen molar-refractivity contribution >= 4 is 0 Å². The molecule has 0 aromatic carbocycles. The minimum absolute atomic E-state index is 1.20. The van der Waals surface area contributed by atoms with Gasteiger partial charge in [-0.3, -0.25) is 0 Å². The summed E-state index contributed by atoms with van der Waals surface area (Å²) in [5.41, 5.74) is 9.46. The summed E-state index contributed by atoms with van der Waals surface area (Å²) in [6.45, 7) is 0. The van der Waals surface area contributed by atoms with Crippen LogP contribution in [0.3, 0.4) is 0 Å². The molecule has 0 N–H and O–H groups in total. The second kappa shape index (κ2) is 5.09. The van der Waals surface area contributed by atoms with Crippen molar-refractivity contribution in [1.29, 1.82) is 0 Å². The van der Waals surface area contributed by atoms with Crippen molar-refractivity contribution in [2.45, 2.75) is 51.4 Å². The van der Waals surface area contributed by atoms with Gasteiger partial charge in [-0.2, -0.15) is 0 Å². The van der Waals surface area contributed by atoms with Crippen LogP contribution in [0, 0.1) is 0 Å². The fourth-order valence-corrected chi connectivity index (χ4v) is 3.92. The summed E-state index contributed by atoms with van der Waals surface area (Å²) in [6.07, 6.45) is 24.5. The molecule has 0 heteroatoms. The average Bonchev–Trinajstić information content (AvgIpc) is 3.09. The van der Waals surface area contributed by atoms with Gasteiger partial charge in [0.1, 0.15) is 0 Å². The van der Waals surface area contributed by atoms with Crippen LogP contribution in [0.4, 0.5) is 0 Å². The first-order valence-corrected chi connectivity index (χ1v) is 8.13. The molecule has 4 aliphatic rings. The van der Waals surface area contributed by atoms with E-state index in [0.29, 0.717) is 0 Å². The van der Waals surface area contributed by atoms with Gasteiger partial charge in [0.05, 0.1) is 0 Å². The Hall–Kier alpha value is -1.56. The zero-order chi connectivity index (χ0) is 13.4. The Balaban J connectivity index is 1.43. The molecule has 0 nitrogen and oxygen atoms in total. The SMILES string of the molecule is C1=C2CCCC=C2C(CCC2=CC=C3CCCC=C32)=C1. The van der Waals surface area contributed by atoms with Gasteiger partial charge < -0.3 is 0 Å². The Morgan fingerprint density at radius 2 is 1.15 bits per heavy atom. The predicted octanol–water partition coefficient (Wildman–Crippen LogP) is 5.72. The zero-order valence-corrected chi connectivity index (χ0v) is 12.1. The molecule has 0 radical (unpaired) electrons. The van der Waals surface area contributed by atoms with Crippen molar-refractivity contribution in [3.05, 3.63) is 69.9 Å². The highest BCUT2D eigenvalue weighted by Crippen LogP contribution is 2.40. The molecule has 20 heavy (non-hydrogen) atoms. The number of hydrogen-bond donors (Lipinski definition) is 0. The Morgan fingerprint density at radius 3 is 1.65 bits per heavy atom. The number of rotatable bonds is 3. The van der Waals surface area contributed by atoms with Crippen molar-refractivity contribution in [3.8, 4) is 0 Å². The lowest BCUT2D eigenvalue weighted by Gasteiger charge is -2.18. The molecule has 4 rings (SSSR count). The molecule has 0 heterocycles. The van der Waals surface area contributed by atoms with E-state index >= 15 is 0 Å². The standard InChI is InChI=1S/C20H22/c1-3-7-19-15(5-1)9-11-17(19)13-14-18-12-10-16-6-2-4-8-20(16)18/h7-12H,1-6,13-14H2.